The highest BCUT2D eigenvalue weighted by atomic mass is 16.2. The summed E-state index contributed by atoms with van der Waals surface area (Å²) in [5.74, 6) is 0.0153. The van der Waals surface area contributed by atoms with Gasteiger partial charge >= 0.3 is 6.03 Å². The maximum atomic E-state index is 13.6. The van der Waals surface area contributed by atoms with Gasteiger partial charge in [-0.2, -0.15) is 5.10 Å². The predicted octanol–water partition coefficient (Wildman–Crippen LogP) is 4.08. The van der Waals surface area contributed by atoms with Crippen molar-refractivity contribution in [3.05, 3.63) is 77.0 Å². The van der Waals surface area contributed by atoms with Crippen LogP contribution in [0.5, 0.6) is 0 Å². The minimum Gasteiger partial charge on any atom is -0.330 e. The molecule has 1 aliphatic rings. The fourth-order valence-electron chi connectivity index (χ4n) is 5.04. The van der Waals surface area contributed by atoms with Gasteiger partial charge in [-0.25, -0.2) is 4.79 Å². The third kappa shape index (κ3) is 5.96. The van der Waals surface area contributed by atoms with E-state index in [1.54, 1.807) is 40.8 Å². The molecular formula is C29H37N7O3. The Kier molecular flexibility index (Phi) is 8.06. The molecule has 1 aliphatic heterocycles. The lowest BCUT2D eigenvalue weighted by Gasteiger charge is -2.34. The van der Waals surface area contributed by atoms with Gasteiger partial charge in [0, 0.05) is 36.8 Å². The van der Waals surface area contributed by atoms with Crippen molar-refractivity contribution in [2.45, 2.75) is 45.3 Å². The summed E-state index contributed by atoms with van der Waals surface area (Å²) in [6, 6.07) is 16.2. The van der Waals surface area contributed by atoms with Crippen molar-refractivity contribution >= 4 is 29.4 Å². The minimum atomic E-state index is -0.650. The summed E-state index contributed by atoms with van der Waals surface area (Å²) in [5, 5.41) is 13.5. The van der Waals surface area contributed by atoms with Crippen LogP contribution in [-0.4, -0.2) is 58.1 Å². The number of likely N-dealkylation sites (N-methyl/N-ethyl adjacent to an activating group) is 1. The quantitative estimate of drug-likeness (QED) is 0.406. The summed E-state index contributed by atoms with van der Waals surface area (Å²) in [5.41, 5.74) is 3.12. The number of amides is 4. The smallest absolute Gasteiger partial charge is 0.319 e. The molecule has 1 aromatic heterocycles. The molecule has 0 spiro atoms. The van der Waals surface area contributed by atoms with Gasteiger partial charge in [-0.15, -0.1) is 0 Å². The van der Waals surface area contributed by atoms with E-state index in [1.165, 1.54) is 0 Å². The van der Waals surface area contributed by atoms with E-state index in [1.807, 2.05) is 70.2 Å². The highest BCUT2D eigenvalue weighted by molar-refractivity contribution is 6.04. The summed E-state index contributed by atoms with van der Waals surface area (Å²) in [4.78, 5) is 42.1. The van der Waals surface area contributed by atoms with Gasteiger partial charge in [-0.3, -0.25) is 14.3 Å². The second-order valence-electron chi connectivity index (χ2n) is 10.6. The molecule has 0 fully saturated rings. The van der Waals surface area contributed by atoms with Crippen molar-refractivity contribution in [1.29, 1.82) is 0 Å². The fourth-order valence-corrected chi connectivity index (χ4v) is 5.04. The molecule has 39 heavy (non-hydrogen) atoms. The number of urea groups is 1. The van der Waals surface area contributed by atoms with Gasteiger partial charge in [-0.05, 0) is 57.8 Å². The lowest BCUT2D eigenvalue weighted by molar-refractivity contribution is -0.115. The van der Waals surface area contributed by atoms with Crippen molar-refractivity contribution in [2.24, 2.45) is 7.05 Å². The first-order chi connectivity index (χ1) is 18.5. The SMILES string of the molecule is CCC(=O)Nc1ccc(C(=O)Nc2nn(C)c3c2CN(C(=O)N[C@H](CN(C)C)c2ccccc2)C3(C)C)cc1. The van der Waals surface area contributed by atoms with Crippen molar-refractivity contribution in [3.63, 3.8) is 0 Å². The summed E-state index contributed by atoms with van der Waals surface area (Å²) in [6.07, 6.45) is 0.376. The second-order valence-corrected chi connectivity index (χ2v) is 10.6. The number of carbonyl (C=O) groups excluding carboxylic acids is 3. The maximum Gasteiger partial charge on any atom is 0.319 e. The van der Waals surface area contributed by atoms with E-state index in [-0.39, 0.29) is 23.9 Å². The molecule has 0 aliphatic carbocycles. The largest absolute Gasteiger partial charge is 0.330 e. The Labute approximate surface area is 229 Å². The van der Waals surface area contributed by atoms with E-state index < -0.39 is 5.54 Å². The van der Waals surface area contributed by atoms with Crippen LogP contribution in [0.1, 0.15) is 60.4 Å². The van der Waals surface area contributed by atoms with Gasteiger partial charge in [-0.1, -0.05) is 37.3 Å². The van der Waals surface area contributed by atoms with Crippen molar-refractivity contribution in [2.75, 3.05) is 31.3 Å². The van der Waals surface area contributed by atoms with E-state index in [9.17, 15) is 14.4 Å². The number of benzene rings is 2. The number of aryl methyl sites for hydroxylation is 1. The zero-order valence-electron chi connectivity index (χ0n) is 23.4. The normalized spacial score (nSPS) is 14.6. The highest BCUT2D eigenvalue weighted by Gasteiger charge is 2.45. The molecule has 0 saturated heterocycles. The average Bonchev–Trinajstić information content (AvgIpc) is 3.37. The second kappa shape index (κ2) is 11.3. The number of anilines is 2. The number of fused-ring (bicyclic) bond motifs is 1. The van der Waals surface area contributed by atoms with Crippen LogP contribution in [0.4, 0.5) is 16.3 Å². The lowest BCUT2D eigenvalue weighted by atomic mass is 10.0. The molecule has 10 heteroatoms. The number of nitrogens with one attached hydrogen (secondary N) is 3. The molecular weight excluding hydrogens is 494 g/mol. The standard InChI is InChI=1S/C29H37N7O3/c1-7-24(37)30-21-15-13-20(14-16-21)27(38)32-26-22-17-36(29(2,3)25(22)35(6)33-26)28(39)31-23(18-34(4)5)19-11-9-8-10-12-19/h8-16,23H,7,17-18H2,1-6H3,(H,30,37)(H,31,39)(H,32,33,38)/t23-/m1/s1. The topological polar surface area (TPSA) is 112 Å². The Morgan fingerprint density at radius 3 is 2.31 bits per heavy atom. The first kappa shape index (κ1) is 27.8. The molecule has 1 atom stereocenters. The first-order valence-electron chi connectivity index (χ1n) is 13.1. The molecule has 10 nitrogen and oxygen atoms in total. The summed E-state index contributed by atoms with van der Waals surface area (Å²) in [7, 11) is 5.78. The van der Waals surface area contributed by atoms with E-state index in [0.29, 0.717) is 36.6 Å². The van der Waals surface area contributed by atoms with Crippen molar-refractivity contribution in [1.82, 2.24) is 24.9 Å². The van der Waals surface area contributed by atoms with Crippen LogP contribution in [0.3, 0.4) is 0 Å². The van der Waals surface area contributed by atoms with Crippen molar-refractivity contribution in [3.8, 4) is 0 Å². The summed E-state index contributed by atoms with van der Waals surface area (Å²) < 4.78 is 1.73. The number of rotatable bonds is 8. The van der Waals surface area contributed by atoms with Crippen LogP contribution in [0.25, 0.3) is 0 Å². The number of hydrogen-bond acceptors (Lipinski definition) is 5. The van der Waals surface area contributed by atoms with Crippen LogP contribution < -0.4 is 16.0 Å². The van der Waals surface area contributed by atoms with Crippen LogP contribution in [0.15, 0.2) is 54.6 Å². The first-order valence-corrected chi connectivity index (χ1v) is 13.1. The Morgan fingerprint density at radius 2 is 1.69 bits per heavy atom. The van der Waals surface area contributed by atoms with Crippen LogP contribution in [0, 0.1) is 0 Å². The molecule has 0 saturated carbocycles. The molecule has 4 rings (SSSR count). The fraction of sp³-hybridized carbons (Fsp3) is 0.379. The molecule has 206 valence electrons. The Bertz CT molecular complexity index is 1350. The minimum absolute atomic E-state index is 0.0933. The summed E-state index contributed by atoms with van der Waals surface area (Å²) in [6.45, 7) is 6.71. The molecule has 3 aromatic rings. The highest BCUT2D eigenvalue weighted by Crippen LogP contribution is 2.42. The molecule has 0 radical (unpaired) electrons. The number of aromatic nitrogens is 2. The maximum absolute atomic E-state index is 13.6. The summed E-state index contributed by atoms with van der Waals surface area (Å²) >= 11 is 0. The Balaban J connectivity index is 1.52. The molecule has 2 aromatic carbocycles. The van der Waals surface area contributed by atoms with Gasteiger partial charge in [0.2, 0.25) is 5.91 Å². The van der Waals surface area contributed by atoms with Crippen molar-refractivity contribution < 1.29 is 14.4 Å². The molecule has 0 bridgehead atoms. The van der Waals surface area contributed by atoms with Gasteiger partial charge in [0.1, 0.15) is 0 Å². The monoisotopic (exact) mass is 531 g/mol. The number of nitrogens with zero attached hydrogens (tertiary/aromatic N) is 4. The van der Waals surface area contributed by atoms with E-state index in [2.05, 4.69) is 21.0 Å². The Hall–Kier alpha value is -4.18. The zero-order valence-corrected chi connectivity index (χ0v) is 23.4. The van der Waals surface area contributed by atoms with Crippen LogP contribution in [-0.2, 0) is 23.9 Å². The third-order valence-electron chi connectivity index (χ3n) is 6.99. The molecule has 4 amide bonds. The van der Waals surface area contributed by atoms with Gasteiger partial charge in [0.25, 0.3) is 5.91 Å². The van der Waals surface area contributed by atoms with Gasteiger partial charge < -0.3 is 25.8 Å². The van der Waals surface area contributed by atoms with Gasteiger partial charge in [0.15, 0.2) is 5.82 Å². The molecule has 0 unspecified atom stereocenters. The number of carbonyl (C=O) groups is 3. The van der Waals surface area contributed by atoms with E-state index in [0.717, 1.165) is 16.8 Å². The third-order valence-corrected chi connectivity index (χ3v) is 6.99. The lowest BCUT2D eigenvalue weighted by Crippen LogP contribution is -2.49. The van der Waals surface area contributed by atoms with E-state index >= 15 is 0 Å². The predicted molar refractivity (Wildman–Crippen MR) is 151 cm³/mol. The molecule has 2 heterocycles. The average molecular weight is 532 g/mol. The van der Waals surface area contributed by atoms with E-state index in [4.69, 9.17) is 0 Å². The number of hydrogen-bond donors (Lipinski definition) is 3. The van der Waals surface area contributed by atoms with Gasteiger partial charge in [0.05, 0.1) is 23.8 Å². The molecule has 3 N–H and O–H groups in total. The zero-order chi connectivity index (χ0) is 28.3. The Morgan fingerprint density at radius 1 is 1.03 bits per heavy atom. The van der Waals surface area contributed by atoms with Crippen LogP contribution in [0.2, 0.25) is 0 Å². The van der Waals surface area contributed by atoms with Crippen LogP contribution >= 0.6 is 0 Å².